The zero-order chi connectivity index (χ0) is 20.6. The highest BCUT2D eigenvalue weighted by atomic mass is 16.5. The fraction of sp³-hybridized carbons (Fsp3) is 0.167. The largest absolute Gasteiger partial charge is 0.483 e. The van der Waals surface area contributed by atoms with Gasteiger partial charge < -0.3 is 4.74 Å². The summed E-state index contributed by atoms with van der Waals surface area (Å²) in [5.41, 5.74) is 6.69. The lowest BCUT2D eigenvalue weighted by Crippen LogP contribution is -2.43. The molecule has 0 spiro atoms. The first-order chi connectivity index (χ1) is 14.0. The summed E-state index contributed by atoms with van der Waals surface area (Å²) in [5, 5.41) is 2.16. The molecule has 3 rings (SSSR count). The number of carbonyl (C=O) groups excluding carboxylic acids is 2. The number of rotatable bonds is 6. The number of carbonyl (C=O) groups is 2. The van der Waals surface area contributed by atoms with Crippen molar-refractivity contribution in [1.82, 2.24) is 10.9 Å². The second kappa shape index (κ2) is 9.55. The maximum absolute atomic E-state index is 12.0. The van der Waals surface area contributed by atoms with E-state index in [1.807, 2.05) is 66.7 Å². The van der Waals surface area contributed by atoms with Gasteiger partial charge in [0.25, 0.3) is 11.8 Å². The summed E-state index contributed by atoms with van der Waals surface area (Å²) in [4.78, 5) is 24.0. The Morgan fingerprint density at radius 1 is 0.931 bits per heavy atom. The summed E-state index contributed by atoms with van der Waals surface area (Å²) in [7, 11) is 0. The van der Waals surface area contributed by atoms with Crippen molar-refractivity contribution >= 4 is 28.7 Å². The van der Waals surface area contributed by atoms with Crippen LogP contribution in [0.4, 0.5) is 0 Å². The number of fused-ring (bicyclic) bond motifs is 1. The number of hydrazine groups is 1. The van der Waals surface area contributed by atoms with Gasteiger partial charge >= 0.3 is 0 Å². The third-order valence-electron chi connectivity index (χ3n) is 4.46. The van der Waals surface area contributed by atoms with Crippen LogP contribution in [0.25, 0.3) is 16.8 Å². The van der Waals surface area contributed by atoms with E-state index in [1.165, 1.54) is 6.08 Å². The first-order valence-electron chi connectivity index (χ1n) is 9.51. The number of para-hydroxylation sites is 1. The van der Waals surface area contributed by atoms with Crippen molar-refractivity contribution in [2.24, 2.45) is 0 Å². The molecule has 0 saturated carbocycles. The smallest absolute Gasteiger partial charge is 0.276 e. The molecule has 0 heterocycles. The zero-order valence-corrected chi connectivity index (χ0v) is 16.5. The van der Waals surface area contributed by atoms with Gasteiger partial charge in [-0.15, -0.1) is 0 Å². The van der Waals surface area contributed by atoms with E-state index in [1.54, 1.807) is 6.08 Å². The average molecular weight is 388 g/mol. The lowest BCUT2D eigenvalue weighted by Gasteiger charge is -2.13. The van der Waals surface area contributed by atoms with Gasteiger partial charge in [0.1, 0.15) is 5.75 Å². The number of amides is 2. The van der Waals surface area contributed by atoms with Crippen LogP contribution in [0.2, 0.25) is 0 Å². The van der Waals surface area contributed by atoms with Crippen LogP contribution in [0.5, 0.6) is 5.75 Å². The van der Waals surface area contributed by atoms with Crippen molar-refractivity contribution in [3.8, 4) is 5.75 Å². The maximum atomic E-state index is 12.0. The second-order valence-electron chi connectivity index (χ2n) is 6.92. The number of benzene rings is 3. The van der Waals surface area contributed by atoms with E-state index < -0.39 is 11.8 Å². The molecule has 0 aliphatic carbocycles. The number of hydrogen-bond acceptors (Lipinski definition) is 3. The molecule has 148 valence electrons. The van der Waals surface area contributed by atoms with Gasteiger partial charge in [-0.2, -0.15) is 0 Å². The van der Waals surface area contributed by atoms with Gasteiger partial charge in [0, 0.05) is 6.08 Å². The van der Waals surface area contributed by atoms with Crippen LogP contribution in [0.1, 0.15) is 30.9 Å². The van der Waals surface area contributed by atoms with Crippen LogP contribution in [0.15, 0.2) is 72.8 Å². The standard InChI is InChI=1S/C24H24N2O3/c1-17(2)20-11-5-6-13-22(20)29-16-24(28)26-25-23(27)15-14-19-10-7-9-18-8-3-4-12-21(18)19/h3-15,17H,16H2,1-2H3,(H,25,27)(H,26,28). The fourth-order valence-electron chi connectivity index (χ4n) is 3.00. The van der Waals surface area contributed by atoms with Gasteiger partial charge in [-0.25, -0.2) is 0 Å². The number of nitrogens with one attached hydrogen (secondary N) is 2. The van der Waals surface area contributed by atoms with Gasteiger partial charge in [0.2, 0.25) is 0 Å². The summed E-state index contributed by atoms with van der Waals surface area (Å²) < 4.78 is 5.59. The van der Waals surface area contributed by atoms with E-state index in [2.05, 4.69) is 24.7 Å². The third kappa shape index (κ3) is 5.45. The molecule has 0 aliphatic rings. The van der Waals surface area contributed by atoms with Crippen LogP contribution >= 0.6 is 0 Å². The SMILES string of the molecule is CC(C)c1ccccc1OCC(=O)NNC(=O)C=Cc1cccc2ccccc12. The molecule has 2 N–H and O–H groups in total. The Labute approximate surface area is 170 Å². The van der Waals surface area contributed by atoms with Crippen LogP contribution in [0, 0.1) is 0 Å². The summed E-state index contributed by atoms with van der Waals surface area (Å²) in [6.45, 7) is 3.94. The molecule has 2 amide bonds. The van der Waals surface area contributed by atoms with E-state index >= 15 is 0 Å². The monoisotopic (exact) mass is 388 g/mol. The lowest BCUT2D eigenvalue weighted by molar-refractivity contribution is -0.128. The molecular formula is C24H24N2O3. The Morgan fingerprint density at radius 2 is 1.66 bits per heavy atom. The van der Waals surface area contributed by atoms with Crippen molar-refractivity contribution in [3.63, 3.8) is 0 Å². The molecule has 0 saturated heterocycles. The summed E-state index contributed by atoms with van der Waals surface area (Å²) in [5.74, 6) is 0.0948. The van der Waals surface area contributed by atoms with E-state index in [4.69, 9.17) is 4.74 Å². The molecule has 0 unspecified atom stereocenters. The van der Waals surface area contributed by atoms with Crippen molar-refractivity contribution in [2.45, 2.75) is 19.8 Å². The first-order valence-corrected chi connectivity index (χ1v) is 9.51. The number of ether oxygens (including phenoxy) is 1. The molecule has 0 aromatic heterocycles. The lowest BCUT2D eigenvalue weighted by atomic mass is 10.0. The average Bonchev–Trinajstić information content (AvgIpc) is 2.74. The molecule has 5 nitrogen and oxygen atoms in total. The van der Waals surface area contributed by atoms with Gasteiger partial charge in [0.05, 0.1) is 0 Å². The first kappa shape index (κ1) is 20.1. The van der Waals surface area contributed by atoms with Crippen molar-refractivity contribution < 1.29 is 14.3 Å². The van der Waals surface area contributed by atoms with E-state index in [0.29, 0.717) is 5.75 Å². The second-order valence-corrected chi connectivity index (χ2v) is 6.92. The molecule has 0 fully saturated rings. The Bertz CT molecular complexity index is 1040. The molecule has 0 atom stereocenters. The molecule has 3 aromatic carbocycles. The van der Waals surface area contributed by atoms with Crippen molar-refractivity contribution in [3.05, 3.63) is 83.9 Å². The van der Waals surface area contributed by atoms with E-state index in [9.17, 15) is 9.59 Å². The Balaban J connectivity index is 1.51. The van der Waals surface area contributed by atoms with Crippen LogP contribution in [-0.2, 0) is 9.59 Å². The number of hydrogen-bond donors (Lipinski definition) is 2. The zero-order valence-electron chi connectivity index (χ0n) is 16.5. The minimum absolute atomic E-state index is 0.183. The van der Waals surface area contributed by atoms with E-state index in [-0.39, 0.29) is 12.5 Å². The summed E-state index contributed by atoms with van der Waals surface area (Å²) in [6, 6.07) is 21.4. The van der Waals surface area contributed by atoms with Crippen LogP contribution in [-0.4, -0.2) is 18.4 Å². The van der Waals surface area contributed by atoms with Crippen LogP contribution in [0.3, 0.4) is 0 Å². The third-order valence-corrected chi connectivity index (χ3v) is 4.46. The van der Waals surface area contributed by atoms with E-state index in [0.717, 1.165) is 21.9 Å². The minimum Gasteiger partial charge on any atom is -0.483 e. The highest BCUT2D eigenvalue weighted by Gasteiger charge is 2.09. The molecule has 0 bridgehead atoms. The van der Waals surface area contributed by atoms with Crippen molar-refractivity contribution in [2.75, 3.05) is 6.61 Å². The highest BCUT2D eigenvalue weighted by Crippen LogP contribution is 2.25. The van der Waals surface area contributed by atoms with Gasteiger partial charge in [-0.1, -0.05) is 74.5 Å². The van der Waals surface area contributed by atoms with Gasteiger partial charge in [0.15, 0.2) is 6.61 Å². The fourth-order valence-corrected chi connectivity index (χ4v) is 3.00. The topological polar surface area (TPSA) is 67.4 Å². The van der Waals surface area contributed by atoms with Crippen molar-refractivity contribution in [1.29, 1.82) is 0 Å². The molecule has 5 heteroatoms. The summed E-state index contributed by atoms with van der Waals surface area (Å²) in [6.07, 6.45) is 3.11. The molecule has 29 heavy (non-hydrogen) atoms. The molecule has 0 radical (unpaired) electrons. The quantitative estimate of drug-likeness (QED) is 0.491. The Kier molecular flexibility index (Phi) is 6.63. The maximum Gasteiger partial charge on any atom is 0.276 e. The molecule has 0 aliphatic heterocycles. The van der Waals surface area contributed by atoms with Gasteiger partial charge in [-0.3, -0.25) is 20.4 Å². The highest BCUT2D eigenvalue weighted by molar-refractivity contribution is 5.97. The van der Waals surface area contributed by atoms with Crippen LogP contribution < -0.4 is 15.6 Å². The summed E-state index contributed by atoms with van der Waals surface area (Å²) >= 11 is 0. The normalized spacial score (nSPS) is 11.0. The Morgan fingerprint density at radius 3 is 2.48 bits per heavy atom. The van der Waals surface area contributed by atoms with Gasteiger partial charge in [-0.05, 0) is 40.0 Å². The molecule has 3 aromatic rings. The predicted octanol–water partition coefficient (Wildman–Crippen LogP) is 4.20. The predicted molar refractivity (Wildman–Crippen MR) is 115 cm³/mol. The Hall–Kier alpha value is -3.60. The molecular weight excluding hydrogens is 364 g/mol. The minimum atomic E-state index is -0.435.